The van der Waals surface area contributed by atoms with Crippen molar-refractivity contribution in [2.24, 2.45) is 13.0 Å². The predicted octanol–water partition coefficient (Wildman–Crippen LogP) is 1.43. The fourth-order valence-electron chi connectivity index (χ4n) is 3.88. The highest BCUT2D eigenvalue weighted by Gasteiger charge is 2.35. The maximum absolute atomic E-state index is 13.0. The molecular formula is C19H24N5O2+. The Labute approximate surface area is 151 Å². The number of aromatic amines is 1. The van der Waals surface area contributed by atoms with Gasteiger partial charge in [-0.05, 0) is 31.5 Å². The van der Waals surface area contributed by atoms with Crippen LogP contribution in [0.5, 0.6) is 0 Å². The third-order valence-electron chi connectivity index (χ3n) is 5.15. The van der Waals surface area contributed by atoms with Crippen LogP contribution in [-0.2, 0) is 20.1 Å². The molecule has 0 radical (unpaired) electrons. The highest BCUT2D eigenvalue weighted by Crippen LogP contribution is 2.28. The highest BCUT2D eigenvalue weighted by molar-refractivity contribution is 5.70. The summed E-state index contributed by atoms with van der Waals surface area (Å²) in [6.45, 7) is 8.03. The van der Waals surface area contributed by atoms with E-state index in [4.69, 9.17) is 0 Å². The van der Waals surface area contributed by atoms with Crippen LogP contribution in [0.2, 0.25) is 0 Å². The van der Waals surface area contributed by atoms with Gasteiger partial charge >= 0.3 is 11.6 Å². The Balaban J connectivity index is 2.05. The molecule has 7 nitrogen and oxygen atoms in total. The topological polar surface area (TPSA) is 66.9 Å². The van der Waals surface area contributed by atoms with Gasteiger partial charge in [0.1, 0.15) is 5.69 Å². The lowest BCUT2D eigenvalue weighted by molar-refractivity contribution is -0.669. The lowest BCUT2D eigenvalue weighted by Gasteiger charge is -2.26. The number of H-pyrrole nitrogens is 1. The second kappa shape index (κ2) is 5.86. The first-order chi connectivity index (χ1) is 12.4. The van der Waals surface area contributed by atoms with Crippen LogP contribution in [0.4, 0.5) is 11.6 Å². The first kappa shape index (κ1) is 16.6. The van der Waals surface area contributed by atoms with Crippen molar-refractivity contribution >= 4 is 22.8 Å². The van der Waals surface area contributed by atoms with Gasteiger partial charge in [0, 0.05) is 19.5 Å². The summed E-state index contributed by atoms with van der Waals surface area (Å²) in [4.78, 5) is 31.0. The summed E-state index contributed by atoms with van der Waals surface area (Å²) in [6, 6.07) is 8.32. The van der Waals surface area contributed by atoms with Crippen LogP contribution in [0.15, 0.2) is 33.9 Å². The summed E-state index contributed by atoms with van der Waals surface area (Å²) >= 11 is 0. The van der Waals surface area contributed by atoms with E-state index in [1.165, 1.54) is 14.7 Å². The minimum absolute atomic E-state index is 0.230. The maximum atomic E-state index is 13.0. The standard InChI is InChI=1S/C19H23N5O2/c1-5-22-17(25)15-16(21(4)19(22)26)20-18-23(10-13(3)11-24(15)18)14-8-6-7-12(2)9-14/h6-9,13H,5,10-11H2,1-4H3/p+1/t13-/m0/s1. The van der Waals surface area contributed by atoms with Crippen molar-refractivity contribution in [2.75, 3.05) is 11.4 Å². The van der Waals surface area contributed by atoms with Crippen molar-refractivity contribution in [3.63, 3.8) is 0 Å². The molecule has 1 atom stereocenters. The van der Waals surface area contributed by atoms with Crippen molar-refractivity contribution in [3.8, 4) is 0 Å². The number of hydrogen-bond donors (Lipinski definition) is 1. The van der Waals surface area contributed by atoms with Gasteiger partial charge in [0.25, 0.3) is 5.56 Å². The Morgan fingerprint density at radius 2 is 2.08 bits per heavy atom. The summed E-state index contributed by atoms with van der Waals surface area (Å²) in [5, 5.41) is 0. The molecule has 1 N–H and O–H groups in total. The zero-order valence-electron chi connectivity index (χ0n) is 15.6. The Kier molecular flexibility index (Phi) is 3.75. The molecule has 0 amide bonds. The van der Waals surface area contributed by atoms with E-state index in [1.807, 2.05) is 17.6 Å². The van der Waals surface area contributed by atoms with Gasteiger partial charge in [-0.2, -0.15) is 0 Å². The largest absolute Gasteiger partial charge is 0.364 e. The normalized spacial score (nSPS) is 16.9. The second-order valence-corrected chi connectivity index (χ2v) is 7.20. The lowest BCUT2D eigenvalue weighted by atomic mass is 10.1. The molecule has 0 unspecified atom stereocenters. The number of anilines is 2. The fourth-order valence-corrected chi connectivity index (χ4v) is 3.88. The van der Waals surface area contributed by atoms with E-state index in [9.17, 15) is 9.59 Å². The number of nitrogens with zero attached hydrogens (tertiary/aromatic N) is 4. The Morgan fingerprint density at radius 3 is 2.77 bits per heavy atom. The highest BCUT2D eigenvalue weighted by atomic mass is 16.2. The fraction of sp³-hybridized carbons (Fsp3) is 0.421. The Morgan fingerprint density at radius 1 is 1.31 bits per heavy atom. The summed E-state index contributed by atoms with van der Waals surface area (Å²) in [5.74, 6) is 1.23. The molecule has 7 heteroatoms. The van der Waals surface area contributed by atoms with Gasteiger partial charge in [-0.25, -0.2) is 19.2 Å². The summed E-state index contributed by atoms with van der Waals surface area (Å²) in [7, 11) is 1.71. The minimum Gasteiger partial charge on any atom is -0.267 e. The molecule has 0 fully saturated rings. The average molecular weight is 354 g/mol. The first-order valence-electron chi connectivity index (χ1n) is 9.02. The van der Waals surface area contributed by atoms with E-state index in [1.54, 1.807) is 7.05 Å². The van der Waals surface area contributed by atoms with Crippen LogP contribution in [-0.4, -0.2) is 20.7 Å². The number of imidazole rings is 1. The Bertz CT molecular complexity index is 1120. The number of rotatable bonds is 2. The van der Waals surface area contributed by atoms with Gasteiger partial charge in [0.15, 0.2) is 0 Å². The molecular weight excluding hydrogens is 330 g/mol. The van der Waals surface area contributed by atoms with Crippen molar-refractivity contribution in [1.29, 1.82) is 0 Å². The van der Waals surface area contributed by atoms with Crippen molar-refractivity contribution in [3.05, 3.63) is 50.7 Å². The molecule has 2 aromatic heterocycles. The number of hydrogen-bond acceptors (Lipinski definition) is 3. The molecule has 0 saturated heterocycles. The van der Waals surface area contributed by atoms with E-state index in [0.717, 1.165) is 24.7 Å². The lowest BCUT2D eigenvalue weighted by Crippen LogP contribution is -2.52. The molecule has 1 aliphatic rings. The number of nitrogens with one attached hydrogen (secondary N) is 1. The molecule has 0 saturated carbocycles. The average Bonchev–Trinajstić information content (AvgIpc) is 2.99. The Hall–Kier alpha value is -2.83. The van der Waals surface area contributed by atoms with Crippen molar-refractivity contribution < 1.29 is 4.57 Å². The molecule has 1 aromatic carbocycles. The SMILES string of the molecule is CCn1c(=O)c2c([nH]c3[n+]2C[C@@H](C)CN3c2cccc(C)c2)n(C)c1=O. The molecule has 0 spiro atoms. The van der Waals surface area contributed by atoms with E-state index in [2.05, 4.69) is 41.9 Å². The quantitative estimate of drug-likeness (QED) is 0.708. The zero-order chi connectivity index (χ0) is 18.6. The van der Waals surface area contributed by atoms with E-state index in [0.29, 0.717) is 23.6 Å². The second-order valence-electron chi connectivity index (χ2n) is 7.20. The monoisotopic (exact) mass is 354 g/mol. The van der Waals surface area contributed by atoms with Gasteiger partial charge in [0.05, 0.1) is 13.1 Å². The molecule has 3 heterocycles. The summed E-state index contributed by atoms with van der Waals surface area (Å²) in [5.41, 5.74) is 2.88. The minimum atomic E-state index is -0.292. The number of aryl methyl sites for hydroxylation is 2. The molecule has 3 aromatic rings. The molecule has 1 aliphatic heterocycles. The van der Waals surface area contributed by atoms with Crippen molar-refractivity contribution in [2.45, 2.75) is 33.9 Å². The maximum Gasteiger partial charge on any atom is 0.364 e. The number of benzene rings is 1. The zero-order valence-corrected chi connectivity index (χ0v) is 15.6. The van der Waals surface area contributed by atoms with Crippen LogP contribution < -0.4 is 20.7 Å². The first-order valence-corrected chi connectivity index (χ1v) is 9.02. The summed E-state index contributed by atoms with van der Waals surface area (Å²) in [6.07, 6.45) is 0. The van der Waals surface area contributed by atoms with Crippen LogP contribution >= 0.6 is 0 Å². The van der Waals surface area contributed by atoms with Gasteiger partial charge in [-0.1, -0.05) is 19.1 Å². The third kappa shape index (κ3) is 2.30. The van der Waals surface area contributed by atoms with Crippen LogP contribution in [0.25, 0.3) is 11.2 Å². The smallest absolute Gasteiger partial charge is 0.267 e. The predicted molar refractivity (Wildman–Crippen MR) is 101 cm³/mol. The van der Waals surface area contributed by atoms with Gasteiger partial charge in [-0.3, -0.25) is 13.9 Å². The van der Waals surface area contributed by atoms with Crippen LogP contribution in [0.1, 0.15) is 19.4 Å². The third-order valence-corrected chi connectivity index (χ3v) is 5.15. The van der Waals surface area contributed by atoms with Gasteiger partial charge in [-0.15, -0.1) is 0 Å². The molecule has 136 valence electrons. The molecule has 26 heavy (non-hydrogen) atoms. The molecule has 0 bridgehead atoms. The van der Waals surface area contributed by atoms with Gasteiger partial charge < -0.3 is 0 Å². The van der Waals surface area contributed by atoms with Crippen LogP contribution in [0.3, 0.4) is 0 Å². The van der Waals surface area contributed by atoms with Gasteiger partial charge in [0.2, 0.25) is 11.2 Å². The van der Waals surface area contributed by atoms with Crippen molar-refractivity contribution in [1.82, 2.24) is 14.1 Å². The molecule has 4 rings (SSSR count). The summed E-state index contributed by atoms with van der Waals surface area (Å²) < 4.78 is 4.85. The number of fused-ring (bicyclic) bond motifs is 3. The van der Waals surface area contributed by atoms with Crippen LogP contribution in [0, 0.1) is 12.8 Å². The van der Waals surface area contributed by atoms with E-state index in [-0.39, 0.29) is 11.2 Å². The van der Waals surface area contributed by atoms with E-state index >= 15 is 0 Å². The van der Waals surface area contributed by atoms with E-state index < -0.39 is 0 Å². The molecule has 0 aliphatic carbocycles. The number of aromatic nitrogens is 4.